The minimum absolute atomic E-state index is 0.156. The van der Waals surface area contributed by atoms with Crippen molar-refractivity contribution in [3.05, 3.63) is 35.1 Å². The maximum absolute atomic E-state index is 12.7. The van der Waals surface area contributed by atoms with Crippen LogP contribution < -0.4 is 0 Å². The van der Waals surface area contributed by atoms with Crippen LogP contribution in [0, 0.1) is 18.2 Å². The molecule has 0 heterocycles. The number of carbonyl (C=O) groups excluding carboxylic acids is 1. The van der Waals surface area contributed by atoms with Crippen molar-refractivity contribution in [2.75, 3.05) is 0 Å². The Kier molecular flexibility index (Phi) is 2.03. The second kappa shape index (κ2) is 2.98. The summed E-state index contributed by atoms with van der Waals surface area (Å²) < 4.78 is 12.7. The van der Waals surface area contributed by atoms with Gasteiger partial charge in [0, 0.05) is 5.56 Å². The van der Waals surface area contributed by atoms with E-state index in [0.717, 1.165) is 6.07 Å². The van der Waals surface area contributed by atoms with Gasteiger partial charge in [-0.15, -0.1) is 6.42 Å². The molecule has 0 aliphatic rings. The second-order valence-electron chi connectivity index (χ2n) is 1.94. The van der Waals surface area contributed by atoms with Gasteiger partial charge in [0.1, 0.15) is 5.82 Å². The van der Waals surface area contributed by atoms with Gasteiger partial charge in [-0.25, -0.2) is 4.39 Å². The van der Waals surface area contributed by atoms with E-state index in [1.165, 1.54) is 12.1 Å². The third-order valence-electron chi connectivity index (χ3n) is 1.24. The van der Waals surface area contributed by atoms with E-state index in [4.69, 9.17) is 6.42 Å². The van der Waals surface area contributed by atoms with Crippen molar-refractivity contribution in [1.82, 2.24) is 0 Å². The smallest absolute Gasteiger partial charge is 0.233 e. The molecule has 1 rings (SSSR count). The van der Waals surface area contributed by atoms with E-state index in [9.17, 15) is 9.18 Å². The Morgan fingerprint density at radius 3 is 2.64 bits per heavy atom. The Morgan fingerprint density at radius 2 is 2.18 bits per heavy atom. The van der Waals surface area contributed by atoms with Gasteiger partial charge in [-0.3, -0.25) is 4.79 Å². The number of halogens is 1. The number of benzene rings is 1. The molecule has 0 spiro atoms. The molecule has 0 aromatic heterocycles. The van der Waals surface area contributed by atoms with Gasteiger partial charge in [0.25, 0.3) is 0 Å². The van der Waals surface area contributed by atoms with E-state index in [1.807, 2.05) is 0 Å². The zero-order valence-electron chi connectivity index (χ0n) is 5.60. The van der Waals surface area contributed by atoms with Gasteiger partial charge in [0.15, 0.2) is 0 Å². The molecule has 0 unspecified atom stereocenters. The molecule has 0 amide bonds. The summed E-state index contributed by atoms with van der Waals surface area (Å²) in [5.74, 6) is 1.58. The lowest BCUT2D eigenvalue weighted by Crippen LogP contribution is -1.86. The first-order valence-electron chi connectivity index (χ1n) is 2.92. The highest BCUT2D eigenvalue weighted by Crippen LogP contribution is 2.06. The summed E-state index contributed by atoms with van der Waals surface area (Å²) in [5, 5.41) is 0. The molecule has 0 saturated carbocycles. The molecule has 0 fully saturated rings. The van der Waals surface area contributed by atoms with Crippen LogP contribution in [0.3, 0.4) is 0 Å². The van der Waals surface area contributed by atoms with Crippen molar-refractivity contribution in [3.8, 4) is 12.3 Å². The largest absolute Gasteiger partial charge is 0.285 e. The van der Waals surface area contributed by atoms with Gasteiger partial charge in [-0.2, -0.15) is 0 Å². The number of terminal acetylenes is 1. The zero-order chi connectivity index (χ0) is 8.27. The average molecular weight is 147 g/mol. The van der Waals surface area contributed by atoms with E-state index in [-0.39, 0.29) is 11.1 Å². The number of rotatable bonds is 1. The predicted molar refractivity (Wildman–Crippen MR) is 39.1 cm³/mol. The molecule has 53 valence electrons. The molecular formula is C9H4FO. The maximum atomic E-state index is 12.7. The fraction of sp³-hybridized carbons (Fsp3) is 0. The summed E-state index contributed by atoms with van der Waals surface area (Å²) in [7, 11) is 0. The van der Waals surface area contributed by atoms with Crippen LogP contribution in [0.5, 0.6) is 0 Å². The normalized spacial score (nSPS) is 8.73. The monoisotopic (exact) mass is 147 g/mol. The van der Waals surface area contributed by atoms with Crippen LogP contribution in [0.15, 0.2) is 18.2 Å². The maximum Gasteiger partial charge on any atom is 0.233 e. The fourth-order valence-electron chi connectivity index (χ4n) is 0.696. The third kappa shape index (κ3) is 1.44. The molecule has 0 atom stereocenters. The van der Waals surface area contributed by atoms with Gasteiger partial charge >= 0.3 is 0 Å². The molecule has 11 heavy (non-hydrogen) atoms. The minimum Gasteiger partial charge on any atom is -0.285 e. The van der Waals surface area contributed by atoms with Crippen LogP contribution in [-0.2, 0) is 4.79 Å². The average Bonchev–Trinajstić information content (AvgIpc) is 2.04. The first-order chi connectivity index (χ1) is 5.27. The van der Waals surface area contributed by atoms with Gasteiger partial charge in [0.05, 0.1) is 5.56 Å². The van der Waals surface area contributed by atoms with Crippen molar-refractivity contribution in [2.24, 2.45) is 0 Å². The van der Waals surface area contributed by atoms with Gasteiger partial charge in [0.2, 0.25) is 6.29 Å². The Hall–Kier alpha value is -1.62. The van der Waals surface area contributed by atoms with Crippen LogP contribution in [0.1, 0.15) is 11.1 Å². The lowest BCUT2D eigenvalue weighted by atomic mass is 10.1. The van der Waals surface area contributed by atoms with Crippen molar-refractivity contribution < 1.29 is 9.18 Å². The van der Waals surface area contributed by atoms with E-state index < -0.39 is 5.82 Å². The molecule has 0 aliphatic heterocycles. The Bertz CT molecular complexity index is 323. The zero-order valence-corrected chi connectivity index (χ0v) is 5.60. The lowest BCUT2D eigenvalue weighted by molar-refractivity contribution is 0.561. The van der Waals surface area contributed by atoms with Gasteiger partial charge in [-0.1, -0.05) is 5.92 Å². The van der Waals surface area contributed by atoms with Gasteiger partial charge in [-0.05, 0) is 18.2 Å². The molecule has 0 aliphatic carbocycles. The standard InChI is InChI=1S/C9H4FO/c1-2-8-4-3-7(6-11)5-9(8)10/h1,3-5H. The molecule has 1 nitrogen and oxygen atoms in total. The lowest BCUT2D eigenvalue weighted by Gasteiger charge is -1.93. The highest BCUT2D eigenvalue weighted by atomic mass is 19.1. The van der Waals surface area contributed by atoms with Gasteiger partial charge < -0.3 is 0 Å². The van der Waals surface area contributed by atoms with E-state index in [2.05, 4.69) is 5.92 Å². The first-order valence-corrected chi connectivity index (χ1v) is 2.92. The number of hydrogen-bond donors (Lipinski definition) is 0. The summed E-state index contributed by atoms with van der Waals surface area (Å²) in [4.78, 5) is 10.0. The fourth-order valence-corrected chi connectivity index (χ4v) is 0.696. The van der Waals surface area contributed by atoms with E-state index in [0.29, 0.717) is 0 Å². The molecule has 0 bridgehead atoms. The second-order valence-corrected chi connectivity index (χ2v) is 1.94. The molecule has 1 aromatic rings. The molecule has 0 saturated heterocycles. The van der Waals surface area contributed by atoms with Crippen LogP contribution >= 0.6 is 0 Å². The van der Waals surface area contributed by atoms with Crippen molar-refractivity contribution in [3.63, 3.8) is 0 Å². The summed E-state index contributed by atoms with van der Waals surface area (Å²) in [6, 6.07) is 3.85. The first kappa shape index (κ1) is 7.49. The van der Waals surface area contributed by atoms with Crippen molar-refractivity contribution in [2.45, 2.75) is 0 Å². The van der Waals surface area contributed by atoms with Crippen molar-refractivity contribution >= 4 is 6.29 Å². The molecule has 1 aromatic carbocycles. The predicted octanol–water partition coefficient (Wildman–Crippen LogP) is 1.26. The minimum atomic E-state index is -0.562. The Morgan fingerprint density at radius 1 is 1.45 bits per heavy atom. The highest BCUT2D eigenvalue weighted by Gasteiger charge is 1.99. The van der Waals surface area contributed by atoms with Crippen LogP contribution in [-0.4, -0.2) is 6.29 Å². The molecule has 2 heteroatoms. The highest BCUT2D eigenvalue weighted by molar-refractivity contribution is 5.75. The van der Waals surface area contributed by atoms with Crippen LogP contribution in [0.25, 0.3) is 0 Å². The van der Waals surface area contributed by atoms with Crippen LogP contribution in [0.4, 0.5) is 4.39 Å². The SMILES string of the molecule is C#Cc1ccc([C]=O)cc1F. The number of hydrogen-bond acceptors (Lipinski definition) is 1. The summed E-state index contributed by atoms with van der Waals surface area (Å²) >= 11 is 0. The Labute approximate surface area is 63.9 Å². The van der Waals surface area contributed by atoms with E-state index >= 15 is 0 Å². The summed E-state index contributed by atoms with van der Waals surface area (Å²) in [6.45, 7) is 0. The molecule has 0 N–H and O–H groups in total. The Balaban J connectivity index is 3.22. The molecule has 1 radical (unpaired) electrons. The summed E-state index contributed by atoms with van der Waals surface area (Å²) in [5.41, 5.74) is 0.325. The quantitative estimate of drug-likeness (QED) is 0.546. The van der Waals surface area contributed by atoms with Crippen LogP contribution in [0.2, 0.25) is 0 Å². The third-order valence-corrected chi connectivity index (χ3v) is 1.24. The van der Waals surface area contributed by atoms with Crippen molar-refractivity contribution in [1.29, 1.82) is 0 Å². The topological polar surface area (TPSA) is 17.1 Å². The summed E-state index contributed by atoms with van der Waals surface area (Å²) in [6.07, 6.45) is 6.51. The van der Waals surface area contributed by atoms with E-state index in [1.54, 1.807) is 6.29 Å². The molecular weight excluding hydrogens is 143 g/mol.